The molecule has 1 amide bonds. The van der Waals surface area contributed by atoms with E-state index in [1.54, 1.807) is 20.8 Å². The van der Waals surface area contributed by atoms with Crippen molar-refractivity contribution in [2.75, 3.05) is 13.1 Å². The molecule has 2 aliphatic heterocycles. The molecule has 2 heterocycles. The van der Waals surface area contributed by atoms with Crippen LogP contribution in [0, 0.1) is 0 Å². The highest BCUT2D eigenvalue weighted by molar-refractivity contribution is 7.88. The van der Waals surface area contributed by atoms with Gasteiger partial charge in [-0.1, -0.05) is 6.07 Å². The molecule has 2 aliphatic rings. The summed E-state index contributed by atoms with van der Waals surface area (Å²) in [6.07, 6.45) is -0.881. The summed E-state index contributed by atoms with van der Waals surface area (Å²) >= 11 is 0. The first-order chi connectivity index (χ1) is 12.8. The third-order valence-electron chi connectivity index (χ3n) is 4.38. The fourth-order valence-electron chi connectivity index (χ4n) is 3.19. The first-order valence-electron chi connectivity index (χ1n) is 8.50. The lowest BCUT2D eigenvalue weighted by atomic mass is 9.89. The van der Waals surface area contributed by atoms with E-state index < -0.39 is 33.1 Å². The zero-order chi connectivity index (χ0) is 20.9. The molecule has 0 aromatic heterocycles. The van der Waals surface area contributed by atoms with Gasteiger partial charge in [-0.25, -0.2) is 4.79 Å². The van der Waals surface area contributed by atoms with Crippen molar-refractivity contribution in [3.63, 3.8) is 0 Å². The van der Waals surface area contributed by atoms with E-state index in [0.717, 1.165) is 6.07 Å². The van der Waals surface area contributed by atoms with Crippen LogP contribution in [0.2, 0.25) is 0 Å². The number of likely N-dealkylation sites (tertiary alicyclic amines) is 1. The Morgan fingerprint density at radius 2 is 1.89 bits per heavy atom. The number of halogens is 3. The molecule has 1 fully saturated rings. The maximum absolute atomic E-state index is 12.6. The predicted octanol–water partition coefficient (Wildman–Crippen LogP) is 3.15. The number of benzene rings is 1. The number of amides is 1. The zero-order valence-corrected chi connectivity index (χ0v) is 16.3. The van der Waals surface area contributed by atoms with Crippen LogP contribution in [0.4, 0.5) is 18.0 Å². The monoisotopic (exact) mass is 423 g/mol. The van der Waals surface area contributed by atoms with Crippen molar-refractivity contribution in [3.05, 3.63) is 29.3 Å². The quantitative estimate of drug-likeness (QED) is 0.537. The molecule has 11 heteroatoms. The highest BCUT2D eigenvalue weighted by Gasteiger charge is 2.49. The molecule has 2 unspecified atom stereocenters. The molecule has 28 heavy (non-hydrogen) atoms. The van der Waals surface area contributed by atoms with E-state index in [4.69, 9.17) is 9.47 Å². The summed E-state index contributed by atoms with van der Waals surface area (Å²) in [5.41, 5.74) is -4.90. The Labute approximate surface area is 160 Å². The molecule has 2 atom stereocenters. The molecular weight excluding hydrogens is 403 g/mol. The summed E-state index contributed by atoms with van der Waals surface area (Å²) in [5, 5.41) is 0. The maximum Gasteiger partial charge on any atom is 0.534 e. The third-order valence-corrected chi connectivity index (χ3v) is 5.36. The van der Waals surface area contributed by atoms with Gasteiger partial charge in [-0.3, -0.25) is 0 Å². The van der Waals surface area contributed by atoms with Gasteiger partial charge in [0.2, 0.25) is 0 Å². The Kier molecular flexibility index (Phi) is 5.03. The van der Waals surface area contributed by atoms with Crippen LogP contribution in [0.5, 0.6) is 5.75 Å². The minimum absolute atomic E-state index is 0.199. The number of alkyl halides is 3. The first kappa shape index (κ1) is 20.7. The second-order valence-electron chi connectivity index (χ2n) is 7.69. The van der Waals surface area contributed by atoms with Crippen molar-refractivity contribution in [1.82, 2.24) is 4.90 Å². The molecule has 156 valence electrons. The molecule has 7 nitrogen and oxygen atoms in total. The Balaban J connectivity index is 1.82. The van der Waals surface area contributed by atoms with Crippen LogP contribution in [0.3, 0.4) is 0 Å². The minimum atomic E-state index is -5.76. The van der Waals surface area contributed by atoms with Crippen LogP contribution in [0.15, 0.2) is 18.2 Å². The van der Waals surface area contributed by atoms with Crippen molar-refractivity contribution < 1.29 is 40.0 Å². The molecular formula is C17H20F3NO6S. The molecule has 0 saturated carbocycles. The van der Waals surface area contributed by atoms with Gasteiger partial charge in [0.05, 0.1) is 19.3 Å². The molecule has 0 aliphatic carbocycles. The molecule has 0 bridgehead atoms. The van der Waals surface area contributed by atoms with Crippen LogP contribution in [-0.2, 0) is 26.2 Å². The van der Waals surface area contributed by atoms with Crippen molar-refractivity contribution in [2.45, 2.75) is 50.5 Å². The topological polar surface area (TPSA) is 82.1 Å². The van der Waals surface area contributed by atoms with Crippen LogP contribution >= 0.6 is 0 Å². The summed E-state index contributed by atoms with van der Waals surface area (Å²) in [4.78, 5) is 13.8. The second-order valence-corrected chi connectivity index (χ2v) is 9.22. The van der Waals surface area contributed by atoms with Gasteiger partial charge in [0, 0.05) is 12.5 Å². The van der Waals surface area contributed by atoms with Crippen LogP contribution < -0.4 is 4.18 Å². The van der Waals surface area contributed by atoms with Gasteiger partial charge in [-0.15, -0.1) is 0 Å². The molecule has 1 aromatic rings. The Morgan fingerprint density at radius 1 is 1.21 bits per heavy atom. The molecule has 0 N–H and O–H groups in total. The van der Waals surface area contributed by atoms with Gasteiger partial charge in [-0.05, 0) is 44.0 Å². The lowest BCUT2D eigenvalue weighted by molar-refractivity contribution is -0.0500. The number of fused-ring (bicyclic) bond motifs is 3. The normalized spacial score (nSPS) is 22.4. The highest BCUT2D eigenvalue weighted by atomic mass is 32.2. The molecule has 1 saturated heterocycles. The number of carbonyl (C=O) groups excluding carboxylic acids is 1. The Bertz CT molecular complexity index is 878. The fraction of sp³-hybridized carbons (Fsp3) is 0.588. The van der Waals surface area contributed by atoms with Gasteiger partial charge in [-0.2, -0.15) is 21.6 Å². The van der Waals surface area contributed by atoms with Gasteiger partial charge in [0.1, 0.15) is 11.4 Å². The summed E-state index contributed by atoms with van der Waals surface area (Å²) in [6, 6.07) is 3.87. The van der Waals surface area contributed by atoms with E-state index in [1.807, 2.05) is 0 Å². The smallest absolute Gasteiger partial charge is 0.444 e. The lowest BCUT2D eigenvalue weighted by Crippen LogP contribution is -2.36. The third kappa shape index (κ3) is 4.19. The van der Waals surface area contributed by atoms with Crippen molar-refractivity contribution in [1.29, 1.82) is 0 Å². The fourth-order valence-corrected chi connectivity index (χ4v) is 3.64. The van der Waals surface area contributed by atoms with E-state index in [-0.39, 0.29) is 31.7 Å². The number of carbonyl (C=O) groups is 1. The Hall–Kier alpha value is -2.01. The number of nitrogens with zero attached hydrogens (tertiary/aromatic N) is 1. The predicted molar refractivity (Wildman–Crippen MR) is 91.2 cm³/mol. The molecule has 0 radical (unpaired) electrons. The minimum Gasteiger partial charge on any atom is -0.444 e. The Morgan fingerprint density at radius 3 is 2.50 bits per heavy atom. The van der Waals surface area contributed by atoms with Gasteiger partial charge >= 0.3 is 21.7 Å². The SMILES string of the molecule is CC(C)(C)OC(=O)N1CC2OCc3ccc(OS(=O)(=O)C(F)(F)F)cc3C2C1. The van der Waals surface area contributed by atoms with Crippen molar-refractivity contribution >= 4 is 16.2 Å². The standard InChI is InChI=1S/C17H20F3NO6S/c1-16(2,3)26-15(22)21-7-13-12-6-11(27-28(23,24)17(18,19)20)5-4-10(12)9-25-14(13)8-21/h4-6,13-14H,7-9H2,1-3H3. The van der Waals surface area contributed by atoms with Gasteiger partial charge < -0.3 is 18.6 Å². The van der Waals surface area contributed by atoms with E-state index in [9.17, 15) is 26.4 Å². The van der Waals surface area contributed by atoms with Gasteiger partial charge in [0.15, 0.2) is 0 Å². The number of rotatable bonds is 2. The number of hydrogen-bond donors (Lipinski definition) is 0. The van der Waals surface area contributed by atoms with E-state index in [2.05, 4.69) is 4.18 Å². The van der Waals surface area contributed by atoms with Gasteiger partial charge in [0.25, 0.3) is 0 Å². The first-order valence-corrected chi connectivity index (χ1v) is 9.91. The molecule has 3 rings (SSSR count). The van der Waals surface area contributed by atoms with Crippen molar-refractivity contribution in [2.24, 2.45) is 0 Å². The largest absolute Gasteiger partial charge is 0.534 e. The van der Waals surface area contributed by atoms with E-state index >= 15 is 0 Å². The van der Waals surface area contributed by atoms with E-state index in [1.165, 1.54) is 17.0 Å². The summed E-state index contributed by atoms with van der Waals surface area (Å²) in [7, 11) is -5.76. The summed E-state index contributed by atoms with van der Waals surface area (Å²) in [6.45, 7) is 5.93. The van der Waals surface area contributed by atoms with Crippen LogP contribution in [0.1, 0.15) is 37.8 Å². The molecule has 0 spiro atoms. The van der Waals surface area contributed by atoms with Crippen LogP contribution in [0.25, 0.3) is 0 Å². The molecule has 1 aromatic carbocycles. The average Bonchev–Trinajstić information content (AvgIpc) is 2.96. The maximum atomic E-state index is 12.6. The summed E-state index contributed by atoms with van der Waals surface area (Å²) < 4.78 is 75.5. The summed E-state index contributed by atoms with van der Waals surface area (Å²) in [5.74, 6) is -0.763. The van der Waals surface area contributed by atoms with Crippen molar-refractivity contribution in [3.8, 4) is 5.75 Å². The number of ether oxygens (including phenoxy) is 2. The average molecular weight is 423 g/mol. The highest BCUT2D eigenvalue weighted by Crippen LogP contribution is 2.39. The lowest BCUT2D eigenvalue weighted by Gasteiger charge is -2.27. The zero-order valence-electron chi connectivity index (χ0n) is 15.4. The van der Waals surface area contributed by atoms with Crippen LogP contribution in [-0.4, -0.2) is 49.7 Å². The van der Waals surface area contributed by atoms with E-state index in [0.29, 0.717) is 11.1 Å². The second kappa shape index (κ2) is 6.80. The number of hydrogen-bond acceptors (Lipinski definition) is 6.